The second-order valence-electron chi connectivity index (χ2n) is 6.76. The van der Waals surface area contributed by atoms with Gasteiger partial charge in [-0.2, -0.15) is 0 Å². The van der Waals surface area contributed by atoms with Crippen LogP contribution in [0.1, 0.15) is 26.2 Å². The van der Waals surface area contributed by atoms with E-state index in [0.29, 0.717) is 11.8 Å². The van der Waals surface area contributed by atoms with Crippen molar-refractivity contribution in [3.63, 3.8) is 0 Å². The molecule has 0 amide bonds. The average Bonchev–Trinajstić information content (AvgIpc) is 2.99. The van der Waals surface area contributed by atoms with E-state index < -0.39 is 50.9 Å². The van der Waals surface area contributed by atoms with Crippen molar-refractivity contribution in [3.05, 3.63) is 50.6 Å². The van der Waals surface area contributed by atoms with Gasteiger partial charge in [0.1, 0.15) is 23.4 Å². The van der Waals surface area contributed by atoms with Crippen LogP contribution in [0.25, 0.3) is 0 Å². The lowest BCUT2D eigenvalue weighted by molar-refractivity contribution is -0.205. The summed E-state index contributed by atoms with van der Waals surface area (Å²) in [5.41, 5.74) is -1.27. The number of fused-ring (bicyclic) bond motifs is 1. The zero-order valence-electron chi connectivity index (χ0n) is 19.6. The molecule has 3 heterocycles. The fourth-order valence-electron chi connectivity index (χ4n) is 3.01. The van der Waals surface area contributed by atoms with Gasteiger partial charge in [-0.1, -0.05) is 24.4 Å². The van der Waals surface area contributed by atoms with Crippen LogP contribution < -0.4 is 15.0 Å². The van der Waals surface area contributed by atoms with E-state index >= 15 is 4.39 Å². The summed E-state index contributed by atoms with van der Waals surface area (Å²) in [6, 6.07) is 4.53. The maximum atomic E-state index is 16.0. The predicted octanol–water partition coefficient (Wildman–Crippen LogP) is 1.38. The van der Waals surface area contributed by atoms with Crippen LogP contribution in [0.4, 0.5) is 4.39 Å². The number of H-pyrrole nitrogens is 1. The topological polar surface area (TPSA) is 159 Å². The van der Waals surface area contributed by atoms with Crippen LogP contribution in [-0.4, -0.2) is 57.8 Å². The van der Waals surface area contributed by atoms with Gasteiger partial charge in [-0.3, -0.25) is 23.4 Å². The molecule has 15 heteroatoms. The number of nitrogens with one attached hydrogen (secondary N) is 1. The van der Waals surface area contributed by atoms with Crippen LogP contribution in [0.3, 0.4) is 0 Å². The van der Waals surface area contributed by atoms with Crippen molar-refractivity contribution in [1.82, 2.24) is 9.55 Å². The van der Waals surface area contributed by atoms with Gasteiger partial charge >= 0.3 is 13.5 Å². The number of nitrogens with zero attached hydrogens (tertiary/aromatic N) is 1. The minimum absolute atomic E-state index is 0.0830. The highest BCUT2D eigenvalue weighted by molar-refractivity contribution is 7.71. The van der Waals surface area contributed by atoms with Gasteiger partial charge in [0.15, 0.2) is 24.0 Å². The van der Waals surface area contributed by atoms with Crippen LogP contribution in [0.2, 0.25) is 0 Å². The number of alkyl halides is 1. The number of aliphatic hydroxyl groups is 2. The van der Waals surface area contributed by atoms with Gasteiger partial charge in [-0.15, -0.1) is 0 Å². The first kappa shape index (κ1) is 20.0. The summed E-state index contributed by atoms with van der Waals surface area (Å²) in [4.78, 5) is 25.5. The molecule has 0 bridgehead atoms. The van der Waals surface area contributed by atoms with Crippen molar-refractivity contribution in [2.24, 2.45) is 0 Å². The molecule has 3 N–H and O–H groups in total. The van der Waals surface area contributed by atoms with Crippen molar-refractivity contribution < 1.29 is 51.1 Å². The lowest BCUT2D eigenvalue weighted by atomic mass is 10.1. The minimum Gasteiger partial charge on any atom is -0.493 e. The van der Waals surface area contributed by atoms with Crippen LogP contribution >= 0.6 is 20.0 Å². The number of aromatic nitrogens is 2. The molecular weight excluding hydrogens is 486 g/mol. The summed E-state index contributed by atoms with van der Waals surface area (Å²) >= 11 is 4.78. The van der Waals surface area contributed by atoms with Gasteiger partial charge in [-0.25, -0.2) is 13.8 Å². The van der Waals surface area contributed by atoms with Crippen molar-refractivity contribution in [3.8, 4) is 11.5 Å². The molecule has 1 unspecified atom stereocenters. The SMILES string of the molecule is [2H]C([2H])(OP1(=O)OCc2cccc(OC)c2O1)[C@@]1(F)O[C@@]([2H])(n2cc(C=O)c(=S)[nH]c2=O)[C@H](O)[C@@H]1O. The van der Waals surface area contributed by atoms with Gasteiger partial charge in [0.05, 0.1) is 23.4 Å². The van der Waals surface area contributed by atoms with E-state index in [2.05, 4.69) is 0 Å². The van der Waals surface area contributed by atoms with E-state index in [-0.39, 0.29) is 32.6 Å². The highest BCUT2D eigenvalue weighted by atomic mass is 32.1. The average molecular weight is 507 g/mol. The summed E-state index contributed by atoms with van der Waals surface area (Å²) in [6.07, 6.45) is -7.90. The molecule has 4 rings (SSSR count). The van der Waals surface area contributed by atoms with Crippen LogP contribution in [0.5, 0.6) is 11.5 Å². The molecule has 0 radical (unpaired) electrons. The molecule has 178 valence electrons. The second-order valence-corrected chi connectivity index (χ2v) is 8.69. The third kappa shape index (κ3) is 4.26. The molecule has 2 aliphatic rings. The molecule has 1 aromatic carbocycles. The van der Waals surface area contributed by atoms with E-state index in [4.69, 9.17) is 39.4 Å². The Labute approximate surface area is 194 Å². The number of aldehydes is 1. The third-order valence-electron chi connectivity index (χ3n) is 4.68. The summed E-state index contributed by atoms with van der Waals surface area (Å²) in [7, 11) is -3.68. The Balaban J connectivity index is 1.70. The first-order valence-electron chi connectivity index (χ1n) is 10.6. The highest BCUT2D eigenvalue weighted by Gasteiger charge is 2.57. The Morgan fingerprint density at radius 2 is 2.30 bits per heavy atom. The smallest absolute Gasteiger partial charge is 0.493 e. The summed E-state index contributed by atoms with van der Waals surface area (Å²) in [6.45, 7) is -4.33. The van der Waals surface area contributed by atoms with Gasteiger partial charge in [-0.05, 0) is 6.07 Å². The number of rotatable bonds is 6. The van der Waals surface area contributed by atoms with E-state index in [1.165, 1.54) is 19.2 Å². The number of aromatic amines is 1. The number of benzene rings is 1. The molecule has 2 aliphatic heterocycles. The summed E-state index contributed by atoms with van der Waals surface area (Å²) < 4.78 is 78.1. The lowest BCUT2D eigenvalue weighted by Crippen LogP contribution is -2.43. The van der Waals surface area contributed by atoms with Crippen molar-refractivity contribution in [1.29, 1.82) is 0 Å². The number of phosphoric acid groups is 1. The first-order valence-corrected chi connectivity index (χ1v) is 11.0. The monoisotopic (exact) mass is 507 g/mol. The number of hydrogen-bond donors (Lipinski definition) is 3. The maximum Gasteiger partial charge on any atom is 0.530 e. The molecule has 0 saturated carbocycles. The van der Waals surface area contributed by atoms with E-state index in [9.17, 15) is 24.4 Å². The molecule has 2 aromatic rings. The van der Waals surface area contributed by atoms with Gasteiger partial charge in [0, 0.05) is 11.8 Å². The number of carbonyl (C=O) groups is 1. The Morgan fingerprint density at radius 1 is 1.55 bits per heavy atom. The van der Waals surface area contributed by atoms with Crippen molar-refractivity contribution in [2.75, 3.05) is 13.7 Å². The maximum absolute atomic E-state index is 16.0. The molecule has 0 aliphatic carbocycles. The molecule has 1 aromatic heterocycles. The molecule has 12 nitrogen and oxygen atoms in total. The van der Waals surface area contributed by atoms with Crippen molar-refractivity contribution in [2.45, 2.75) is 30.9 Å². The zero-order chi connectivity index (χ0) is 26.7. The zero-order valence-corrected chi connectivity index (χ0v) is 18.3. The number of phosphoric ester groups is 1. The minimum atomic E-state index is -4.96. The Hall–Kier alpha value is -2.45. The Bertz CT molecular complexity index is 1380. The van der Waals surface area contributed by atoms with Crippen LogP contribution in [0.15, 0.2) is 29.2 Å². The Kier molecular flexibility index (Phi) is 5.28. The van der Waals surface area contributed by atoms with E-state index in [0.717, 1.165) is 0 Å². The largest absolute Gasteiger partial charge is 0.530 e. The van der Waals surface area contributed by atoms with Crippen LogP contribution in [-0.2, 0) is 25.0 Å². The van der Waals surface area contributed by atoms with Gasteiger partial charge in [0.25, 0.3) is 5.85 Å². The number of aliphatic hydroxyl groups excluding tert-OH is 2. The number of para-hydroxylation sites is 1. The lowest BCUT2D eigenvalue weighted by Gasteiger charge is -2.28. The summed E-state index contributed by atoms with van der Waals surface area (Å²) in [5, 5.41) is 20.8. The normalized spacial score (nSPS) is 35.0. The van der Waals surface area contributed by atoms with Gasteiger partial charge in [0.2, 0.25) is 0 Å². The fraction of sp³-hybridized carbons (Fsp3) is 0.389. The molecular formula is C18H18FN2O10PS. The number of methoxy groups -OCH3 is 1. The first-order chi connectivity index (χ1) is 16.7. The number of hydrogen-bond acceptors (Lipinski definition) is 11. The quantitative estimate of drug-likeness (QED) is 0.295. The number of halogens is 1. The van der Waals surface area contributed by atoms with Gasteiger partial charge < -0.3 is 24.2 Å². The molecule has 1 fully saturated rings. The molecule has 33 heavy (non-hydrogen) atoms. The number of ether oxygens (including phenoxy) is 2. The Morgan fingerprint density at radius 3 is 3.00 bits per heavy atom. The molecule has 5 atom stereocenters. The summed E-state index contributed by atoms with van der Waals surface area (Å²) in [5.74, 6) is -4.17. The predicted molar refractivity (Wildman–Crippen MR) is 109 cm³/mol. The third-order valence-corrected chi connectivity index (χ3v) is 6.18. The van der Waals surface area contributed by atoms with E-state index in [1.807, 2.05) is 4.98 Å². The standard InChI is InChI=1S/C18H18FN2O10PS/c1-27-11-4-2-3-9-7-28-32(26,31-13(9)11)29-8-18(19)14(24)12(23)16(30-18)21-5-10(6-22)15(33)20-17(21)25/h2-6,12,14,16,23-24H,7-8H2,1H3,(H,20,25,33)/t12-,14+,16-,18-,32?/m1/s1/i8D2,16D. The molecule has 0 spiro atoms. The highest BCUT2D eigenvalue weighted by Crippen LogP contribution is 2.57. The second kappa shape index (κ2) is 8.72. The molecule has 1 saturated heterocycles. The van der Waals surface area contributed by atoms with Crippen LogP contribution in [0, 0.1) is 4.64 Å². The van der Waals surface area contributed by atoms with Crippen molar-refractivity contribution >= 4 is 26.3 Å². The number of carbonyl (C=O) groups excluding carboxylic acids is 1. The van der Waals surface area contributed by atoms with E-state index in [1.54, 1.807) is 6.07 Å². The fourth-order valence-corrected chi connectivity index (χ4v) is 4.30.